The lowest BCUT2D eigenvalue weighted by molar-refractivity contribution is 0.0640. The number of amides is 1. The lowest BCUT2D eigenvalue weighted by atomic mass is 10.3. The molecule has 1 rings (SSSR count). The zero-order valence-corrected chi connectivity index (χ0v) is 6.90. The van der Waals surface area contributed by atoms with Gasteiger partial charge in [-0.05, 0) is 6.42 Å². The van der Waals surface area contributed by atoms with Gasteiger partial charge in [0.15, 0.2) is 0 Å². The van der Waals surface area contributed by atoms with Crippen LogP contribution in [0.25, 0.3) is 0 Å². The first kappa shape index (κ1) is 9.28. The van der Waals surface area contributed by atoms with Crippen LogP contribution in [0.2, 0.25) is 0 Å². The Morgan fingerprint density at radius 1 is 1.75 bits per heavy atom. The van der Waals surface area contributed by atoms with Crippen LogP contribution < -0.4 is 5.73 Å². The zero-order valence-electron chi connectivity index (χ0n) is 6.90. The van der Waals surface area contributed by atoms with Gasteiger partial charge in [0.1, 0.15) is 0 Å². The molecule has 0 saturated carbocycles. The highest BCUT2D eigenvalue weighted by atomic mass is 16.5. The Morgan fingerprint density at radius 2 is 2.50 bits per heavy atom. The molecule has 0 bridgehead atoms. The summed E-state index contributed by atoms with van der Waals surface area (Å²) < 4.78 is 5.30. The Labute approximate surface area is 71.1 Å². The number of carbonyl (C=O) groups is 1. The van der Waals surface area contributed by atoms with E-state index in [1.54, 1.807) is 0 Å². The van der Waals surface area contributed by atoms with Crippen molar-refractivity contribution in [3.63, 3.8) is 0 Å². The van der Waals surface area contributed by atoms with Crippen LogP contribution in [-0.4, -0.2) is 48.4 Å². The quantitative estimate of drug-likeness (QED) is 0.616. The van der Waals surface area contributed by atoms with Gasteiger partial charge < -0.3 is 20.5 Å². The third kappa shape index (κ3) is 2.35. The van der Waals surface area contributed by atoms with Gasteiger partial charge >= 0.3 is 6.09 Å². The fourth-order valence-electron chi connectivity index (χ4n) is 1.27. The van der Waals surface area contributed by atoms with E-state index in [0.717, 1.165) is 6.42 Å². The lowest BCUT2D eigenvalue weighted by Crippen LogP contribution is -2.29. The number of hydrogen-bond acceptors (Lipinski definition) is 3. The standard InChI is InChI=1S/C7H14N2O3/c8-2-4-12-6-1-3-9(5-6)7(10)11/h6H,1-5,8H2,(H,10,11). The lowest BCUT2D eigenvalue weighted by Gasteiger charge is -2.12. The molecule has 1 amide bonds. The molecule has 1 unspecified atom stereocenters. The van der Waals surface area contributed by atoms with Crippen LogP contribution in [-0.2, 0) is 4.74 Å². The fourth-order valence-corrected chi connectivity index (χ4v) is 1.27. The van der Waals surface area contributed by atoms with Gasteiger partial charge in [-0.15, -0.1) is 0 Å². The number of hydrogen-bond donors (Lipinski definition) is 2. The minimum atomic E-state index is -0.867. The first-order chi connectivity index (χ1) is 5.74. The van der Waals surface area contributed by atoms with E-state index in [4.69, 9.17) is 15.6 Å². The normalized spacial score (nSPS) is 23.1. The molecule has 1 aliphatic heterocycles. The largest absolute Gasteiger partial charge is 0.465 e. The van der Waals surface area contributed by atoms with Crippen LogP contribution >= 0.6 is 0 Å². The van der Waals surface area contributed by atoms with Crippen molar-refractivity contribution < 1.29 is 14.6 Å². The maximum Gasteiger partial charge on any atom is 0.407 e. The third-order valence-corrected chi connectivity index (χ3v) is 1.89. The van der Waals surface area contributed by atoms with Crippen LogP contribution in [0.15, 0.2) is 0 Å². The molecule has 1 heterocycles. The van der Waals surface area contributed by atoms with Gasteiger partial charge in [0.25, 0.3) is 0 Å². The zero-order chi connectivity index (χ0) is 8.97. The number of carboxylic acid groups (broad SMARTS) is 1. The van der Waals surface area contributed by atoms with Crippen molar-refractivity contribution in [2.45, 2.75) is 12.5 Å². The minimum Gasteiger partial charge on any atom is -0.465 e. The van der Waals surface area contributed by atoms with Gasteiger partial charge in [-0.3, -0.25) is 0 Å². The average molecular weight is 174 g/mol. The summed E-state index contributed by atoms with van der Waals surface area (Å²) in [5, 5.41) is 8.60. The van der Waals surface area contributed by atoms with Gasteiger partial charge in [0, 0.05) is 13.1 Å². The molecule has 1 aliphatic rings. The smallest absolute Gasteiger partial charge is 0.407 e. The number of rotatable bonds is 3. The number of nitrogens with zero attached hydrogens (tertiary/aromatic N) is 1. The van der Waals surface area contributed by atoms with Crippen LogP contribution in [0.3, 0.4) is 0 Å². The topological polar surface area (TPSA) is 75.8 Å². The summed E-state index contributed by atoms with van der Waals surface area (Å²) in [5.74, 6) is 0. The highest BCUT2D eigenvalue weighted by Gasteiger charge is 2.25. The van der Waals surface area contributed by atoms with E-state index >= 15 is 0 Å². The predicted octanol–water partition coefficient (Wildman–Crippen LogP) is -0.286. The van der Waals surface area contributed by atoms with Crippen molar-refractivity contribution in [1.29, 1.82) is 0 Å². The number of likely N-dealkylation sites (tertiary alicyclic amines) is 1. The molecule has 1 atom stereocenters. The predicted molar refractivity (Wildman–Crippen MR) is 43.0 cm³/mol. The number of ether oxygens (including phenoxy) is 1. The SMILES string of the molecule is NCCOC1CCN(C(=O)O)C1. The first-order valence-corrected chi connectivity index (χ1v) is 4.03. The highest BCUT2D eigenvalue weighted by molar-refractivity contribution is 5.65. The van der Waals surface area contributed by atoms with Crippen LogP contribution in [0, 0.1) is 0 Å². The van der Waals surface area contributed by atoms with Gasteiger partial charge in [-0.25, -0.2) is 4.79 Å². The summed E-state index contributed by atoms with van der Waals surface area (Å²) >= 11 is 0. The molecule has 70 valence electrons. The third-order valence-electron chi connectivity index (χ3n) is 1.89. The Hall–Kier alpha value is -0.810. The summed E-state index contributed by atoms with van der Waals surface area (Å²) in [7, 11) is 0. The van der Waals surface area contributed by atoms with Gasteiger partial charge in [-0.1, -0.05) is 0 Å². The Bertz CT molecular complexity index is 163. The molecule has 1 saturated heterocycles. The molecule has 1 fully saturated rings. The second kappa shape index (κ2) is 4.27. The maximum absolute atomic E-state index is 10.5. The van der Waals surface area contributed by atoms with Gasteiger partial charge in [-0.2, -0.15) is 0 Å². The average Bonchev–Trinajstić information content (AvgIpc) is 2.48. The van der Waals surface area contributed by atoms with Gasteiger partial charge in [0.05, 0.1) is 19.3 Å². The maximum atomic E-state index is 10.5. The van der Waals surface area contributed by atoms with E-state index in [2.05, 4.69) is 0 Å². The van der Waals surface area contributed by atoms with Crippen LogP contribution in [0.5, 0.6) is 0 Å². The molecule has 0 aliphatic carbocycles. The first-order valence-electron chi connectivity index (χ1n) is 4.03. The van der Waals surface area contributed by atoms with Crippen molar-refractivity contribution in [3.05, 3.63) is 0 Å². The van der Waals surface area contributed by atoms with E-state index in [1.165, 1.54) is 4.90 Å². The molecular weight excluding hydrogens is 160 g/mol. The molecule has 0 aromatic rings. The van der Waals surface area contributed by atoms with E-state index in [1.807, 2.05) is 0 Å². The van der Waals surface area contributed by atoms with Crippen molar-refractivity contribution in [2.75, 3.05) is 26.2 Å². The van der Waals surface area contributed by atoms with Crippen LogP contribution in [0.4, 0.5) is 4.79 Å². The summed E-state index contributed by atoms with van der Waals surface area (Å²) in [4.78, 5) is 11.8. The van der Waals surface area contributed by atoms with Crippen molar-refractivity contribution >= 4 is 6.09 Å². The molecule has 0 aromatic carbocycles. The van der Waals surface area contributed by atoms with Crippen molar-refractivity contribution in [3.8, 4) is 0 Å². The molecule has 12 heavy (non-hydrogen) atoms. The second-order valence-corrected chi connectivity index (χ2v) is 2.80. The second-order valence-electron chi connectivity index (χ2n) is 2.80. The van der Waals surface area contributed by atoms with Crippen molar-refractivity contribution in [1.82, 2.24) is 4.90 Å². The van der Waals surface area contributed by atoms with E-state index in [9.17, 15) is 4.79 Å². The monoisotopic (exact) mass is 174 g/mol. The number of nitrogens with two attached hydrogens (primary N) is 1. The molecule has 0 radical (unpaired) electrons. The fraction of sp³-hybridized carbons (Fsp3) is 0.857. The van der Waals surface area contributed by atoms with Gasteiger partial charge in [0.2, 0.25) is 0 Å². The summed E-state index contributed by atoms with van der Waals surface area (Å²) in [6.45, 7) is 2.06. The molecule has 3 N–H and O–H groups in total. The summed E-state index contributed by atoms with van der Waals surface area (Å²) in [6, 6.07) is 0. The molecule has 5 heteroatoms. The molecule has 5 nitrogen and oxygen atoms in total. The Morgan fingerprint density at radius 3 is 3.00 bits per heavy atom. The van der Waals surface area contributed by atoms with E-state index < -0.39 is 6.09 Å². The Balaban J connectivity index is 2.21. The molecule has 0 spiro atoms. The highest BCUT2D eigenvalue weighted by Crippen LogP contribution is 2.11. The van der Waals surface area contributed by atoms with E-state index in [-0.39, 0.29) is 6.10 Å². The van der Waals surface area contributed by atoms with Crippen LogP contribution in [0.1, 0.15) is 6.42 Å². The molecule has 0 aromatic heterocycles. The Kier molecular flexibility index (Phi) is 3.31. The molecular formula is C7H14N2O3. The van der Waals surface area contributed by atoms with Crippen molar-refractivity contribution in [2.24, 2.45) is 5.73 Å². The summed E-state index contributed by atoms with van der Waals surface area (Å²) in [6.07, 6.45) is -0.0368. The minimum absolute atomic E-state index is 0.0460. The summed E-state index contributed by atoms with van der Waals surface area (Å²) in [5.41, 5.74) is 5.25. The van der Waals surface area contributed by atoms with E-state index in [0.29, 0.717) is 26.2 Å².